The van der Waals surface area contributed by atoms with Gasteiger partial charge in [-0.05, 0) is 189 Å². The molecule has 5 N–H and O–H groups in total. The van der Waals surface area contributed by atoms with Gasteiger partial charge in [-0.15, -0.1) is 11.3 Å². The summed E-state index contributed by atoms with van der Waals surface area (Å²) in [6.45, 7) is 108. The first-order valence-corrected chi connectivity index (χ1v) is 56.6. The standard InChI is InChI=1S/2C12H13N.C10H12N2.2C8H11N.2C7H10N2.C7H11N.3C6H10N2.C6H9NO.C6H9NS.13C2H6/c1-9(2)11-7-3-5-10-6-4-8-13-12(10)11;1-9(2)10-7-8-13-12-6-4-3-5-11(10)12;1-7(2)8-3-4-10-9(5-8)6-11-12-10;1-7(2)8-4-3-5-9-6-8;1-7(2)8-5-3-4-6-9-8;1-6(2)7-3-8-5-9-4-7;1-6(2)7-3-4-8-5-9-7;1-6(2)7-3-4-8-5-7;1-5(2)6-3-7-8-4-6;2*1-5(2)6-3-4-7-8-6;1-5(2)6-3-7-8-4-6;1-5(2)6-3-7-4-8-6;13*1-2/h2*3-9H,1-2H3;3-7H,1-2H3,(H,11,12);2*3-7H,1-2H3;2*3-6H,1-2H3;3-6,8H,1-2H3;3*3-5H,1-2H3,(H,7,8);2*3-5H,1-2H3;13*1-2H3. The average molecular weight is 2060 g/mol. The van der Waals surface area contributed by atoms with Gasteiger partial charge in [0.25, 0.3) is 0 Å². The molecule has 20 nitrogen and oxygen atoms in total. The largest absolute Gasteiger partial charge is 0.367 e. The second kappa shape index (κ2) is 111. The van der Waals surface area contributed by atoms with Crippen molar-refractivity contribution in [2.45, 2.75) is 437 Å². The summed E-state index contributed by atoms with van der Waals surface area (Å²) in [7, 11) is 0. The second-order valence-corrected chi connectivity index (χ2v) is 33.9. The number of hydrogen-bond donors (Lipinski definition) is 5. The predicted octanol–water partition coefficient (Wildman–Crippen LogP) is 41.2. The Bertz CT molecular complexity index is 4550. The smallest absolute Gasteiger partial charge is 0.127 e. The third kappa shape index (κ3) is 77.5. The van der Waals surface area contributed by atoms with Crippen LogP contribution in [0.4, 0.5) is 0 Å². The maximum Gasteiger partial charge on any atom is 0.127 e. The molecule has 0 aliphatic carbocycles. The van der Waals surface area contributed by atoms with E-state index in [1.807, 2.05) is 314 Å². The Morgan fingerprint density at radius 2 is 0.770 bits per heavy atom. The van der Waals surface area contributed by atoms with Crippen LogP contribution < -0.4 is 0 Å². The molecule has 0 atom stereocenters. The fourth-order valence-electron chi connectivity index (χ4n) is 10.7. The zero-order valence-corrected chi connectivity index (χ0v) is 104. The number of benzene rings is 3. The maximum atomic E-state index is 4.63. The van der Waals surface area contributed by atoms with Crippen molar-refractivity contribution in [1.29, 1.82) is 0 Å². The first-order valence-electron chi connectivity index (χ1n) is 55.7. The highest BCUT2D eigenvalue weighted by Crippen LogP contribution is 2.26. The molecule has 0 bridgehead atoms. The molecular weight excluding hydrogens is 1840 g/mol. The van der Waals surface area contributed by atoms with Gasteiger partial charge in [-0.25, -0.2) is 19.9 Å². The van der Waals surface area contributed by atoms with E-state index in [1.54, 1.807) is 61.2 Å². The fourth-order valence-corrected chi connectivity index (χ4v) is 11.3. The van der Waals surface area contributed by atoms with Crippen LogP contribution in [0.1, 0.15) is 509 Å². The summed E-state index contributed by atoms with van der Waals surface area (Å²) < 4.78 is 4.63. The van der Waals surface area contributed by atoms with Crippen LogP contribution in [0.15, 0.2) is 268 Å². The van der Waals surface area contributed by atoms with Crippen LogP contribution in [0.5, 0.6) is 0 Å². The Kier molecular flexibility index (Phi) is 117. The summed E-state index contributed by atoms with van der Waals surface area (Å²) in [5.74, 6) is 7.42. The van der Waals surface area contributed by atoms with Crippen molar-refractivity contribution < 1.29 is 4.52 Å². The molecule has 13 aromatic heterocycles. The first-order chi connectivity index (χ1) is 71.4. The van der Waals surface area contributed by atoms with Crippen molar-refractivity contribution in [1.82, 2.24) is 95.8 Å². The number of para-hydroxylation sites is 2. The quantitative estimate of drug-likeness (QED) is 0.0718. The number of nitrogens with one attached hydrogen (secondary N) is 5. The van der Waals surface area contributed by atoms with Crippen molar-refractivity contribution in [3.8, 4) is 0 Å². The molecule has 13 heterocycles. The van der Waals surface area contributed by atoms with Crippen LogP contribution in [0.3, 0.4) is 0 Å². The number of rotatable bonds is 13. The van der Waals surface area contributed by atoms with Crippen molar-refractivity contribution in [3.63, 3.8) is 0 Å². The lowest BCUT2D eigenvalue weighted by Crippen LogP contribution is -1.90. The van der Waals surface area contributed by atoms with Gasteiger partial charge in [-0.1, -0.05) is 426 Å². The Balaban J connectivity index is -0.000000171. The highest BCUT2D eigenvalue weighted by Gasteiger charge is 2.09. The Labute approximate surface area is 910 Å². The Morgan fingerprint density at radius 3 is 1.11 bits per heavy atom. The van der Waals surface area contributed by atoms with Gasteiger partial charge in [0.05, 0.1) is 40.7 Å². The normalized spacial score (nSPS) is 9.20. The molecule has 0 amide bonds. The van der Waals surface area contributed by atoms with Crippen LogP contribution >= 0.6 is 11.3 Å². The van der Waals surface area contributed by atoms with Gasteiger partial charge < -0.3 is 9.51 Å². The Morgan fingerprint density at radius 1 is 0.270 bits per heavy atom. The van der Waals surface area contributed by atoms with Crippen molar-refractivity contribution in [2.75, 3.05) is 0 Å². The van der Waals surface area contributed by atoms with Gasteiger partial charge in [0, 0.05) is 136 Å². The van der Waals surface area contributed by atoms with E-state index in [0.717, 1.165) is 33.5 Å². The molecule has 0 aliphatic rings. The van der Waals surface area contributed by atoms with Crippen LogP contribution in [0, 0.1) is 0 Å². The van der Waals surface area contributed by atoms with E-state index in [-0.39, 0.29) is 0 Å². The lowest BCUT2D eigenvalue weighted by atomic mass is 9.99. The van der Waals surface area contributed by atoms with E-state index < -0.39 is 0 Å². The summed E-state index contributed by atoms with van der Waals surface area (Å²) in [6, 6.07) is 45.3. The number of hydrogen-bond acceptors (Lipinski definition) is 16. The minimum absolute atomic E-state index is 0.507. The first kappa shape index (κ1) is 156. The van der Waals surface area contributed by atoms with Gasteiger partial charge in [0.1, 0.15) is 18.9 Å². The maximum absolute atomic E-state index is 4.63. The molecule has 832 valence electrons. The molecule has 148 heavy (non-hydrogen) atoms. The molecule has 0 aliphatic heterocycles. The number of nitrogens with zero attached hydrogens (tertiary/aromatic N) is 14. The number of pyridine rings is 4. The molecule has 0 unspecified atom stereocenters. The Hall–Kier alpha value is -11.8. The molecule has 0 radical (unpaired) electrons. The lowest BCUT2D eigenvalue weighted by Gasteiger charge is -2.08. The average Bonchev–Trinajstić information content (AvgIpc) is 0.887. The number of H-pyrrole nitrogens is 5. The molecule has 0 saturated heterocycles. The molecule has 0 saturated carbocycles. The molecule has 21 heteroatoms. The molecule has 0 spiro atoms. The van der Waals surface area contributed by atoms with Gasteiger partial charge in [0.15, 0.2) is 0 Å². The molecule has 16 rings (SSSR count). The van der Waals surface area contributed by atoms with Crippen molar-refractivity contribution in [2.24, 2.45) is 0 Å². The van der Waals surface area contributed by atoms with Gasteiger partial charge >= 0.3 is 0 Å². The van der Waals surface area contributed by atoms with Crippen LogP contribution in [0.25, 0.3) is 32.7 Å². The number of aromatic nitrogens is 19. The predicted molar refractivity (Wildman–Crippen MR) is 658 cm³/mol. The summed E-state index contributed by atoms with van der Waals surface area (Å²) >= 11 is 1.72. The van der Waals surface area contributed by atoms with Gasteiger partial charge in [-0.3, -0.25) is 45.3 Å². The third-order valence-electron chi connectivity index (χ3n) is 18.7. The lowest BCUT2D eigenvalue weighted by molar-refractivity contribution is 0.418. The SMILES string of the molecule is CC.CC.CC.CC.CC.CC.CC.CC.CC.CC.CC.CC.CC.CC(C)c1cc[nH]c1.CC(C)c1ccc2[nH]ncc2c1.CC(C)c1cccc2cccnc12.CC(C)c1ccccn1.CC(C)c1cccnc1.CC(C)c1ccn[nH]1.CC(C)c1ccn[nH]1.CC(C)c1ccnc2ccccc12.CC(C)c1ccncn1.CC(C)c1cn[nH]c1.CC(C)c1cncnc1.CC(C)c1cncs1.CC(C)c1cnoc1. The highest BCUT2D eigenvalue weighted by atomic mass is 32.1. The van der Waals surface area contributed by atoms with Crippen molar-refractivity contribution in [3.05, 3.63) is 335 Å². The number of thiazole rings is 1. The summed E-state index contributed by atoms with van der Waals surface area (Å²) in [6.07, 6.45) is 36.4. The fraction of sp³-hybridized carbons (Fsp3) is 0.512. The van der Waals surface area contributed by atoms with Gasteiger partial charge in [-0.2, -0.15) is 20.4 Å². The van der Waals surface area contributed by atoms with Crippen LogP contribution in [-0.4, -0.2) is 95.8 Å². The number of fused-ring (bicyclic) bond motifs is 3. The summed E-state index contributed by atoms with van der Waals surface area (Å²) in [5.41, 5.74) is 20.3. The minimum atomic E-state index is 0.507. The molecular formula is C127H217N19OS. The van der Waals surface area contributed by atoms with E-state index in [2.05, 4.69) is 359 Å². The number of aromatic amines is 5. The monoisotopic (exact) mass is 2060 g/mol. The third-order valence-corrected chi connectivity index (χ3v) is 19.8. The summed E-state index contributed by atoms with van der Waals surface area (Å²) in [4.78, 5) is 40.9. The molecule has 16 aromatic rings. The van der Waals surface area contributed by atoms with E-state index in [4.69, 9.17) is 0 Å². The van der Waals surface area contributed by atoms with E-state index in [1.165, 1.54) is 71.4 Å². The second-order valence-electron chi connectivity index (χ2n) is 33.0. The topological polar surface area (TPSA) is 273 Å². The highest BCUT2D eigenvalue weighted by molar-refractivity contribution is 7.09. The zero-order chi connectivity index (χ0) is 116. The van der Waals surface area contributed by atoms with E-state index in [0.29, 0.717) is 76.9 Å². The van der Waals surface area contributed by atoms with E-state index >= 15 is 0 Å². The molecule has 3 aromatic carbocycles. The van der Waals surface area contributed by atoms with E-state index in [9.17, 15) is 0 Å². The van der Waals surface area contributed by atoms with Crippen molar-refractivity contribution >= 4 is 44.0 Å². The van der Waals surface area contributed by atoms with Gasteiger partial charge in [0.2, 0.25) is 0 Å². The zero-order valence-electron chi connectivity index (χ0n) is 103. The molecule has 0 fully saturated rings. The minimum Gasteiger partial charge on any atom is -0.367 e. The summed E-state index contributed by atoms with van der Waals surface area (Å²) in [5, 5.41) is 34.2. The van der Waals surface area contributed by atoms with Crippen LogP contribution in [0.2, 0.25) is 0 Å². The van der Waals surface area contributed by atoms with Crippen LogP contribution in [-0.2, 0) is 0 Å².